The van der Waals surface area contributed by atoms with Crippen LogP contribution in [0.15, 0.2) is 22.7 Å². The number of methoxy groups -OCH3 is 1. The fourth-order valence-electron chi connectivity index (χ4n) is 0.958. The molecule has 0 aliphatic carbocycles. The molecule has 0 saturated carbocycles. The highest BCUT2D eigenvalue weighted by Gasteiger charge is 2.06. The molecule has 0 aromatic heterocycles. The Morgan fingerprint density at radius 3 is 2.77 bits per heavy atom. The number of Topliss-reactive ketones (excluding diaryl/α,β-unsaturated/α-hetero) is 1. The lowest BCUT2D eigenvalue weighted by atomic mass is 10.1. The molecule has 1 aromatic carbocycles. The van der Waals surface area contributed by atoms with Gasteiger partial charge in [-0.25, -0.2) is 0 Å². The zero-order chi connectivity index (χ0) is 9.84. The van der Waals surface area contributed by atoms with Crippen LogP contribution in [-0.2, 0) is 0 Å². The molecule has 0 spiro atoms. The average molecular weight is 244 g/mol. The summed E-state index contributed by atoms with van der Waals surface area (Å²) in [5, 5.41) is 0. The molecule has 2 N–H and O–H groups in total. The van der Waals surface area contributed by atoms with Gasteiger partial charge in [-0.3, -0.25) is 4.79 Å². The van der Waals surface area contributed by atoms with Gasteiger partial charge >= 0.3 is 0 Å². The summed E-state index contributed by atoms with van der Waals surface area (Å²) >= 11 is 3.29. The first-order valence-electron chi connectivity index (χ1n) is 3.76. The number of hydrogen-bond acceptors (Lipinski definition) is 3. The molecular weight excluding hydrogens is 234 g/mol. The van der Waals surface area contributed by atoms with Crippen molar-refractivity contribution >= 4 is 21.7 Å². The van der Waals surface area contributed by atoms with E-state index >= 15 is 0 Å². The van der Waals surface area contributed by atoms with Crippen LogP contribution >= 0.6 is 15.9 Å². The van der Waals surface area contributed by atoms with E-state index in [-0.39, 0.29) is 12.3 Å². The van der Waals surface area contributed by atoms with Crippen LogP contribution in [0.25, 0.3) is 0 Å². The molecule has 0 atom stereocenters. The molecule has 1 rings (SSSR count). The number of nitrogens with two attached hydrogens (primary N) is 1. The summed E-state index contributed by atoms with van der Waals surface area (Å²) in [5.74, 6) is 0.622. The molecule has 0 amide bonds. The molecular formula is C9H10BrNO2. The lowest BCUT2D eigenvalue weighted by Gasteiger charge is -2.04. The fraction of sp³-hybridized carbons (Fsp3) is 0.222. The number of ether oxygens (including phenoxy) is 1. The average Bonchev–Trinajstić information content (AvgIpc) is 2.16. The molecule has 0 heterocycles. The second kappa shape index (κ2) is 4.39. The van der Waals surface area contributed by atoms with Gasteiger partial charge in [0.2, 0.25) is 0 Å². The van der Waals surface area contributed by atoms with Crippen molar-refractivity contribution in [2.45, 2.75) is 0 Å². The lowest BCUT2D eigenvalue weighted by molar-refractivity contribution is 0.100. The zero-order valence-corrected chi connectivity index (χ0v) is 8.80. The summed E-state index contributed by atoms with van der Waals surface area (Å²) < 4.78 is 5.78. The van der Waals surface area contributed by atoms with Crippen LogP contribution < -0.4 is 10.5 Å². The van der Waals surface area contributed by atoms with Crippen molar-refractivity contribution in [2.24, 2.45) is 5.73 Å². The number of rotatable bonds is 3. The Morgan fingerprint density at radius 1 is 1.62 bits per heavy atom. The Morgan fingerprint density at radius 2 is 2.31 bits per heavy atom. The lowest BCUT2D eigenvalue weighted by Crippen LogP contribution is -2.13. The number of benzene rings is 1. The molecule has 1 aromatic rings. The van der Waals surface area contributed by atoms with E-state index in [1.807, 2.05) is 0 Å². The van der Waals surface area contributed by atoms with Crippen molar-refractivity contribution in [1.82, 2.24) is 0 Å². The molecule has 0 aliphatic heterocycles. The van der Waals surface area contributed by atoms with Crippen LogP contribution in [-0.4, -0.2) is 19.4 Å². The standard InChI is InChI=1S/C9H10BrNO2/c1-13-9-3-2-6(4-7(9)10)8(12)5-11/h2-4H,5,11H2,1H3. The molecule has 4 heteroatoms. The minimum Gasteiger partial charge on any atom is -0.496 e. The highest BCUT2D eigenvalue weighted by atomic mass is 79.9. The molecule has 0 bridgehead atoms. The predicted molar refractivity (Wildman–Crippen MR) is 54.1 cm³/mol. The fourth-order valence-corrected chi connectivity index (χ4v) is 1.50. The van der Waals surface area contributed by atoms with Gasteiger partial charge in [-0.2, -0.15) is 0 Å². The third-order valence-corrected chi connectivity index (χ3v) is 2.28. The van der Waals surface area contributed by atoms with Crippen LogP contribution in [0, 0.1) is 0 Å². The Balaban J connectivity index is 3.02. The van der Waals surface area contributed by atoms with Crippen molar-refractivity contribution in [3.05, 3.63) is 28.2 Å². The van der Waals surface area contributed by atoms with Crippen molar-refractivity contribution in [2.75, 3.05) is 13.7 Å². The van der Waals surface area contributed by atoms with Crippen LogP contribution in [0.2, 0.25) is 0 Å². The summed E-state index contributed by atoms with van der Waals surface area (Å²) in [6, 6.07) is 5.12. The van der Waals surface area contributed by atoms with E-state index in [1.165, 1.54) is 0 Å². The van der Waals surface area contributed by atoms with Gasteiger partial charge < -0.3 is 10.5 Å². The number of halogens is 1. The van der Waals surface area contributed by atoms with Crippen LogP contribution in [0.5, 0.6) is 5.75 Å². The van der Waals surface area contributed by atoms with Crippen LogP contribution in [0.4, 0.5) is 0 Å². The van der Waals surface area contributed by atoms with Crippen molar-refractivity contribution < 1.29 is 9.53 Å². The van der Waals surface area contributed by atoms with Gasteiger partial charge in [0.15, 0.2) is 5.78 Å². The van der Waals surface area contributed by atoms with E-state index in [0.717, 1.165) is 4.47 Å². The van der Waals surface area contributed by atoms with Crippen LogP contribution in [0.3, 0.4) is 0 Å². The quantitative estimate of drug-likeness (QED) is 0.821. The summed E-state index contributed by atoms with van der Waals surface area (Å²) in [5.41, 5.74) is 5.82. The summed E-state index contributed by atoms with van der Waals surface area (Å²) in [7, 11) is 1.57. The molecule has 13 heavy (non-hydrogen) atoms. The molecule has 70 valence electrons. The summed E-state index contributed by atoms with van der Waals surface area (Å²) in [6.45, 7) is 0.0266. The van der Waals surface area contributed by atoms with Gasteiger partial charge in [0.05, 0.1) is 18.1 Å². The van der Waals surface area contributed by atoms with Crippen molar-refractivity contribution in [1.29, 1.82) is 0 Å². The summed E-state index contributed by atoms with van der Waals surface area (Å²) in [6.07, 6.45) is 0. The highest BCUT2D eigenvalue weighted by Crippen LogP contribution is 2.25. The van der Waals surface area contributed by atoms with E-state index < -0.39 is 0 Å². The molecule has 0 fully saturated rings. The highest BCUT2D eigenvalue weighted by molar-refractivity contribution is 9.10. The zero-order valence-electron chi connectivity index (χ0n) is 7.21. The first-order chi connectivity index (χ1) is 6.19. The first kappa shape index (κ1) is 10.2. The number of ketones is 1. The van der Waals surface area contributed by atoms with Gasteiger partial charge in [0.25, 0.3) is 0 Å². The second-order valence-corrected chi connectivity index (χ2v) is 3.33. The molecule has 0 unspecified atom stereocenters. The normalized spacial score (nSPS) is 9.77. The molecule has 3 nitrogen and oxygen atoms in total. The molecule has 0 radical (unpaired) electrons. The van der Waals surface area contributed by atoms with Gasteiger partial charge in [0.1, 0.15) is 5.75 Å². The maximum absolute atomic E-state index is 11.2. The Bertz CT molecular complexity index is 325. The van der Waals surface area contributed by atoms with Gasteiger partial charge in [-0.15, -0.1) is 0 Å². The number of hydrogen-bond donors (Lipinski definition) is 1. The van der Waals surface area contributed by atoms with Crippen molar-refractivity contribution in [3.63, 3.8) is 0 Å². The maximum atomic E-state index is 11.2. The van der Waals surface area contributed by atoms with Gasteiger partial charge in [0, 0.05) is 5.56 Å². The first-order valence-corrected chi connectivity index (χ1v) is 4.55. The van der Waals surface area contributed by atoms with E-state index in [4.69, 9.17) is 10.5 Å². The maximum Gasteiger partial charge on any atom is 0.176 e. The van der Waals surface area contributed by atoms with E-state index in [2.05, 4.69) is 15.9 Å². The summed E-state index contributed by atoms with van der Waals surface area (Å²) in [4.78, 5) is 11.2. The smallest absolute Gasteiger partial charge is 0.176 e. The SMILES string of the molecule is COc1ccc(C(=O)CN)cc1Br. The van der Waals surface area contributed by atoms with E-state index in [0.29, 0.717) is 11.3 Å². The van der Waals surface area contributed by atoms with E-state index in [9.17, 15) is 4.79 Å². The molecule has 0 aliphatic rings. The second-order valence-electron chi connectivity index (χ2n) is 2.48. The number of carbonyl (C=O) groups excluding carboxylic acids is 1. The van der Waals surface area contributed by atoms with E-state index in [1.54, 1.807) is 25.3 Å². The van der Waals surface area contributed by atoms with Crippen LogP contribution in [0.1, 0.15) is 10.4 Å². The molecule has 0 saturated heterocycles. The third kappa shape index (κ3) is 2.29. The third-order valence-electron chi connectivity index (χ3n) is 1.66. The number of carbonyl (C=O) groups is 1. The Hall–Kier alpha value is -0.870. The van der Waals surface area contributed by atoms with Crippen molar-refractivity contribution in [3.8, 4) is 5.75 Å². The predicted octanol–water partition coefficient (Wildman–Crippen LogP) is 1.60. The Kier molecular flexibility index (Phi) is 3.45. The van der Waals surface area contributed by atoms with Gasteiger partial charge in [-0.05, 0) is 34.1 Å². The topological polar surface area (TPSA) is 52.3 Å². The minimum atomic E-state index is -0.0802. The largest absolute Gasteiger partial charge is 0.496 e. The van der Waals surface area contributed by atoms with Gasteiger partial charge in [-0.1, -0.05) is 0 Å². The minimum absolute atomic E-state index is 0.0266. The monoisotopic (exact) mass is 243 g/mol. The Labute approximate surface area is 85.0 Å².